The lowest BCUT2D eigenvalue weighted by molar-refractivity contribution is 0.467. The van der Waals surface area contributed by atoms with Crippen molar-refractivity contribution >= 4 is 27.5 Å². The molecule has 0 spiro atoms. The van der Waals surface area contributed by atoms with E-state index in [0.717, 1.165) is 22.3 Å². The van der Waals surface area contributed by atoms with Gasteiger partial charge in [-0.2, -0.15) is 0 Å². The topological polar surface area (TPSA) is 12.0 Å². The number of benzene rings is 2. The third kappa shape index (κ3) is 3.08. The molecule has 2 aromatic rings. The molecule has 20 heavy (non-hydrogen) atoms. The molecule has 0 fully saturated rings. The van der Waals surface area contributed by atoms with E-state index in [1.54, 1.807) is 0 Å². The highest BCUT2D eigenvalue weighted by molar-refractivity contribution is 9.10. The smallest absolute Gasteiger partial charge is 0.0408 e. The van der Waals surface area contributed by atoms with E-state index in [1.807, 2.05) is 6.07 Å². The van der Waals surface area contributed by atoms with Crippen LogP contribution in [0.25, 0.3) is 0 Å². The molecule has 0 amide bonds. The van der Waals surface area contributed by atoms with Crippen molar-refractivity contribution in [1.82, 2.24) is 5.32 Å². The quantitative estimate of drug-likeness (QED) is 0.828. The summed E-state index contributed by atoms with van der Waals surface area (Å²) in [4.78, 5) is 0. The summed E-state index contributed by atoms with van der Waals surface area (Å²) in [6.45, 7) is 2.22. The highest BCUT2D eigenvalue weighted by Gasteiger charge is 2.23. The Kier molecular flexibility index (Phi) is 4.16. The summed E-state index contributed by atoms with van der Waals surface area (Å²) < 4.78 is 1.13. The Morgan fingerprint density at radius 3 is 2.75 bits per heavy atom. The molecule has 0 aromatic heterocycles. The Hall–Kier alpha value is -0.830. The Morgan fingerprint density at radius 1 is 1.15 bits per heavy atom. The lowest BCUT2D eigenvalue weighted by Gasteiger charge is -2.19. The third-order valence-electron chi connectivity index (χ3n) is 3.94. The van der Waals surface area contributed by atoms with Crippen LogP contribution in [0.1, 0.15) is 29.7 Å². The van der Waals surface area contributed by atoms with E-state index in [0.29, 0.717) is 12.1 Å². The molecule has 0 bridgehead atoms. The third-order valence-corrected chi connectivity index (χ3v) is 4.66. The summed E-state index contributed by atoms with van der Waals surface area (Å²) in [7, 11) is 0. The molecule has 0 aliphatic heterocycles. The van der Waals surface area contributed by atoms with Crippen molar-refractivity contribution in [1.29, 1.82) is 0 Å². The van der Waals surface area contributed by atoms with Crippen LogP contribution >= 0.6 is 27.5 Å². The van der Waals surface area contributed by atoms with Crippen molar-refractivity contribution in [2.45, 2.75) is 31.8 Å². The second-order valence-corrected chi connectivity index (χ2v) is 6.81. The van der Waals surface area contributed by atoms with Crippen molar-refractivity contribution in [2.75, 3.05) is 0 Å². The van der Waals surface area contributed by atoms with Crippen molar-refractivity contribution in [2.24, 2.45) is 0 Å². The first-order valence-corrected chi connectivity index (χ1v) is 8.08. The molecular weight excluding hydrogens is 334 g/mol. The van der Waals surface area contributed by atoms with Gasteiger partial charge in [-0.25, -0.2) is 0 Å². The lowest BCUT2D eigenvalue weighted by atomic mass is 10.1. The summed E-state index contributed by atoms with van der Waals surface area (Å²) in [6.07, 6.45) is 2.15. The fourth-order valence-electron chi connectivity index (χ4n) is 2.93. The van der Waals surface area contributed by atoms with Gasteiger partial charge >= 0.3 is 0 Å². The van der Waals surface area contributed by atoms with Crippen molar-refractivity contribution in [3.8, 4) is 0 Å². The van der Waals surface area contributed by atoms with Gasteiger partial charge in [0.05, 0.1) is 0 Å². The van der Waals surface area contributed by atoms with Gasteiger partial charge in [-0.3, -0.25) is 0 Å². The Labute approximate surface area is 133 Å². The normalized spacial score (nSPS) is 18.9. The summed E-state index contributed by atoms with van der Waals surface area (Å²) in [5.74, 6) is 0. The zero-order chi connectivity index (χ0) is 14.1. The molecule has 0 saturated heterocycles. The monoisotopic (exact) mass is 349 g/mol. The van der Waals surface area contributed by atoms with Crippen LogP contribution in [-0.2, 0) is 12.8 Å². The second-order valence-electron chi connectivity index (χ2n) is 5.46. The molecule has 1 nitrogen and oxygen atoms in total. The van der Waals surface area contributed by atoms with Gasteiger partial charge in [-0.1, -0.05) is 45.7 Å². The van der Waals surface area contributed by atoms with Crippen LogP contribution in [-0.4, -0.2) is 6.04 Å². The van der Waals surface area contributed by atoms with Gasteiger partial charge in [0, 0.05) is 21.6 Å². The SMILES string of the molecule is C[C@H](NC1Cc2ccc(Cl)cc2C1)c1cccc(Br)c1. The van der Waals surface area contributed by atoms with Gasteiger partial charge in [-0.15, -0.1) is 0 Å². The standard InChI is InChI=1S/C17H17BrClN/c1-11(12-3-2-4-15(18)7-12)20-17-9-13-5-6-16(19)8-14(13)10-17/h2-8,11,17,20H,9-10H2,1H3/t11-,17?/m0/s1. The van der Waals surface area contributed by atoms with Crippen LogP contribution in [0, 0.1) is 0 Å². The van der Waals surface area contributed by atoms with Crippen LogP contribution in [0.15, 0.2) is 46.9 Å². The van der Waals surface area contributed by atoms with E-state index in [4.69, 9.17) is 11.6 Å². The first-order valence-electron chi connectivity index (χ1n) is 6.90. The minimum atomic E-state index is 0.349. The zero-order valence-electron chi connectivity index (χ0n) is 11.4. The summed E-state index contributed by atoms with van der Waals surface area (Å²) >= 11 is 9.60. The maximum Gasteiger partial charge on any atom is 0.0408 e. The van der Waals surface area contributed by atoms with Crippen LogP contribution in [0.2, 0.25) is 5.02 Å². The summed E-state index contributed by atoms with van der Waals surface area (Å²) in [6, 6.07) is 15.6. The van der Waals surface area contributed by atoms with Gasteiger partial charge in [-0.05, 0) is 60.7 Å². The van der Waals surface area contributed by atoms with Crippen LogP contribution < -0.4 is 5.32 Å². The number of fused-ring (bicyclic) bond motifs is 1. The van der Waals surface area contributed by atoms with Gasteiger partial charge < -0.3 is 5.32 Å². The molecule has 1 aliphatic rings. The number of nitrogens with one attached hydrogen (secondary N) is 1. The fourth-order valence-corrected chi connectivity index (χ4v) is 3.54. The van der Waals surface area contributed by atoms with E-state index in [1.165, 1.54) is 16.7 Å². The minimum absolute atomic E-state index is 0.349. The predicted molar refractivity (Wildman–Crippen MR) is 88.3 cm³/mol. The fraction of sp³-hybridized carbons (Fsp3) is 0.294. The maximum absolute atomic E-state index is 6.06. The number of rotatable bonds is 3. The second kappa shape index (κ2) is 5.88. The minimum Gasteiger partial charge on any atom is -0.307 e. The first-order chi connectivity index (χ1) is 9.61. The average Bonchev–Trinajstić information content (AvgIpc) is 2.80. The predicted octanol–water partition coefficient (Wildman–Crippen LogP) is 4.92. The van der Waals surface area contributed by atoms with Crippen LogP contribution in [0.5, 0.6) is 0 Å². The van der Waals surface area contributed by atoms with E-state index < -0.39 is 0 Å². The number of halogens is 2. The molecule has 1 unspecified atom stereocenters. The highest BCUT2D eigenvalue weighted by Crippen LogP contribution is 2.27. The number of hydrogen-bond donors (Lipinski definition) is 1. The van der Waals surface area contributed by atoms with Gasteiger partial charge in [0.25, 0.3) is 0 Å². The Morgan fingerprint density at radius 2 is 1.95 bits per heavy atom. The van der Waals surface area contributed by atoms with E-state index in [-0.39, 0.29) is 0 Å². The molecule has 0 saturated carbocycles. The van der Waals surface area contributed by atoms with Gasteiger partial charge in [0.15, 0.2) is 0 Å². The van der Waals surface area contributed by atoms with E-state index >= 15 is 0 Å². The van der Waals surface area contributed by atoms with E-state index in [2.05, 4.69) is 64.6 Å². The molecule has 1 aliphatic carbocycles. The summed E-state index contributed by atoms with van der Waals surface area (Å²) in [5, 5.41) is 4.56. The molecule has 2 atom stereocenters. The molecule has 2 aromatic carbocycles. The largest absolute Gasteiger partial charge is 0.307 e. The molecule has 3 rings (SSSR count). The van der Waals surface area contributed by atoms with Crippen molar-refractivity contribution in [3.63, 3.8) is 0 Å². The molecule has 1 N–H and O–H groups in total. The molecule has 0 radical (unpaired) electrons. The average molecular weight is 351 g/mol. The first kappa shape index (κ1) is 14.1. The summed E-state index contributed by atoms with van der Waals surface area (Å²) in [5.41, 5.74) is 4.12. The van der Waals surface area contributed by atoms with Crippen LogP contribution in [0.4, 0.5) is 0 Å². The van der Waals surface area contributed by atoms with Gasteiger partial charge in [0.1, 0.15) is 0 Å². The number of hydrogen-bond acceptors (Lipinski definition) is 1. The molecule has 3 heteroatoms. The molecular formula is C17H17BrClN. The maximum atomic E-state index is 6.06. The van der Waals surface area contributed by atoms with E-state index in [9.17, 15) is 0 Å². The lowest BCUT2D eigenvalue weighted by Crippen LogP contribution is -2.32. The highest BCUT2D eigenvalue weighted by atomic mass is 79.9. The Balaban J connectivity index is 1.68. The van der Waals surface area contributed by atoms with Crippen LogP contribution in [0.3, 0.4) is 0 Å². The zero-order valence-corrected chi connectivity index (χ0v) is 13.7. The Bertz CT molecular complexity index is 626. The molecule has 0 heterocycles. The molecule has 104 valence electrons. The van der Waals surface area contributed by atoms with Gasteiger partial charge in [0.2, 0.25) is 0 Å². The van der Waals surface area contributed by atoms with Crippen molar-refractivity contribution < 1.29 is 0 Å². The van der Waals surface area contributed by atoms with Crippen molar-refractivity contribution in [3.05, 3.63) is 68.7 Å².